The fraction of sp³-hybridized carbons (Fsp3) is 0.360. The van der Waals surface area contributed by atoms with E-state index in [1.165, 1.54) is 5.56 Å². The Morgan fingerprint density at radius 2 is 1.61 bits per heavy atom. The molecule has 2 aromatic carbocycles. The van der Waals surface area contributed by atoms with Gasteiger partial charge in [-0.3, -0.25) is 9.78 Å². The maximum atomic E-state index is 12.8. The van der Waals surface area contributed by atoms with Crippen LogP contribution in [-0.2, 0) is 20.7 Å². The largest absolute Gasteiger partial charge is 0.343 e. The molecule has 0 N–H and O–H groups in total. The molecule has 6 heteroatoms. The van der Waals surface area contributed by atoms with Crippen molar-refractivity contribution in [3.8, 4) is 0 Å². The molecule has 31 heavy (non-hydrogen) atoms. The number of carbonyl (C=O) groups is 1. The van der Waals surface area contributed by atoms with Crippen LogP contribution in [0.5, 0.6) is 0 Å². The van der Waals surface area contributed by atoms with Gasteiger partial charge in [-0.15, -0.1) is 0 Å². The fourth-order valence-corrected chi connectivity index (χ4v) is 4.20. The monoisotopic (exact) mass is 455 g/mol. The number of rotatable bonds is 5. The Hall–Kier alpha value is -1.86. The van der Waals surface area contributed by atoms with Crippen LogP contribution in [0.2, 0.25) is 0 Å². The van der Waals surface area contributed by atoms with Crippen molar-refractivity contribution in [1.82, 2.24) is 4.98 Å². The van der Waals surface area contributed by atoms with Crippen LogP contribution < -0.4 is 0 Å². The first-order chi connectivity index (χ1) is 14.1. The number of benzene rings is 2. The summed E-state index contributed by atoms with van der Waals surface area (Å²) in [7, 11) is 0. The average molecular weight is 456 g/mol. The highest BCUT2D eigenvalue weighted by Crippen LogP contribution is 2.48. The van der Waals surface area contributed by atoms with Gasteiger partial charge in [0.1, 0.15) is 5.78 Å². The molecule has 2 heterocycles. The van der Waals surface area contributed by atoms with Crippen LogP contribution in [0.25, 0.3) is 10.8 Å². The van der Waals surface area contributed by atoms with Gasteiger partial charge in [0.2, 0.25) is 0 Å². The fourth-order valence-electron chi connectivity index (χ4n) is 4.20. The summed E-state index contributed by atoms with van der Waals surface area (Å²) in [6.07, 6.45) is 5.01. The third-order valence-corrected chi connectivity index (χ3v) is 6.26. The molecule has 1 aromatic heterocycles. The van der Waals surface area contributed by atoms with Crippen molar-refractivity contribution in [2.75, 3.05) is 0 Å². The minimum Gasteiger partial charge on any atom is -0.343 e. The van der Waals surface area contributed by atoms with Crippen LogP contribution >= 0.6 is 27.0 Å². The summed E-state index contributed by atoms with van der Waals surface area (Å²) in [6.45, 7) is 4.07. The Morgan fingerprint density at radius 1 is 0.935 bits per heavy atom. The quantitative estimate of drug-likeness (QED) is 0.531. The summed E-state index contributed by atoms with van der Waals surface area (Å²) in [5, 5.41) is 2.24. The van der Waals surface area contributed by atoms with Gasteiger partial charge >= 0.3 is 0 Å². The number of Topliss-reactive ketones (excluding diaryl/α,β-unsaturated/α-hetero) is 1. The summed E-state index contributed by atoms with van der Waals surface area (Å²) in [6, 6.07) is 16.6. The van der Waals surface area contributed by atoms with Gasteiger partial charge in [-0.25, -0.2) is 0 Å². The maximum Gasteiger partial charge on any atom is 0.184 e. The number of pyridine rings is 1. The van der Waals surface area contributed by atoms with Crippen molar-refractivity contribution in [3.63, 3.8) is 0 Å². The third kappa shape index (κ3) is 4.98. The first kappa shape index (κ1) is 23.8. The summed E-state index contributed by atoms with van der Waals surface area (Å²) >= 11 is 0. The van der Waals surface area contributed by atoms with E-state index in [9.17, 15) is 4.79 Å². The molecule has 0 amide bonds. The number of nitrogens with zero attached hydrogens (tertiary/aromatic N) is 1. The second-order valence-corrected chi connectivity index (χ2v) is 8.33. The van der Waals surface area contributed by atoms with Gasteiger partial charge in [-0.1, -0.05) is 42.5 Å². The molecule has 0 radical (unpaired) electrons. The van der Waals surface area contributed by atoms with E-state index < -0.39 is 0 Å². The molecule has 1 aliphatic carbocycles. The zero-order valence-corrected chi connectivity index (χ0v) is 19.7. The van der Waals surface area contributed by atoms with Gasteiger partial charge in [-0.05, 0) is 48.8 Å². The molecule has 4 nitrogen and oxygen atoms in total. The summed E-state index contributed by atoms with van der Waals surface area (Å²) < 4.78 is 11.7. The Kier molecular flexibility index (Phi) is 7.47. The van der Waals surface area contributed by atoms with Crippen molar-refractivity contribution in [3.05, 3.63) is 77.6 Å². The van der Waals surface area contributed by atoms with Crippen LogP contribution in [0.1, 0.15) is 49.2 Å². The molecular weight excluding hydrogens is 426 g/mol. The Labute approximate surface area is 197 Å². The topological polar surface area (TPSA) is 48.4 Å². The molecule has 0 bridgehead atoms. The Morgan fingerprint density at radius 3 is 2.32 bits per heavy atom. The zero-order chi connectivity index (χ0) is 20.0. The van der Waals surface area contributed by atoms with E-state index in [0.29, 0.717) is 18.1 Å². The van der Waals surface area contributed by atoms with E-state index in [2.05, 4.69) is 35.3 Å². The molecule has 3 aromatic rings. The van der Waals surface area contributed by atoms with E-state index >= 15 is 0 Å². The van der Waals surface area contributed by atoms with Gasteiger partial charge in [0.15, 0.2) is 6.29 Å². The highest BCUT2D eigenvalue weighted by atomic mass is 32.1. The molecular formula is C25H29NO3S2. The number of ketones is 1. The first-order valence-corrected chi connectivity index (χ1v) is 10.3. The smallest absolute Gasteiger partial charge is 0.184 e. The average Bonchev–Trinajstić information content (AvgIpc) is 3.47. The minimum atomic E-state index is -0.284. The standard InChI is InChI=1S/C25H25NO3.2H2S/c1-15-16(2)29-25(28-15)19-7-5-18(6-8-19)22-13-23(22)24(27)12-17-3-4-21-14-26-10-9-20(21)11-17;;/h3-11,14-16,22-23,25H,12-13H2,1-2H3;2*1H2/t15-,16-,22-,23+;;/m0../s1. The SMILES string of the molecule is C[C@@H]1OC(c2ccc([C@@H]3C[C@H]3C(=O)Cc3ccc4cnccc4c3)cc2)O[C@H]1C.S.S. The lowest BCUT2D eigenvalue weighted by atomic mass is 10.0. The van der Waals surface area contributed by atoms with E-state index in [4.69, 9.17) is 9.47 Å². The number of hydrogen-bond donors (Lipinski definition) is 0. The molecule has 4 atom stereocenters. The van der Waals surface area contributed by atoms with E-state index in [0.717, 1.165) is 28.3 Å². The molecule has 2 fully saturated rings. The highest BCUT2D eigenvalue weighted by molar-refractivity contribution is 7.59. The molecule has 1 saturated carbocycles. The maximum absolute atomic E-state index is 12.8. The van der Waals surface area contributed by atoms with Crippen LogP contribution in [0.3, 0.4) is 0 Å². The van der Waals surface area contributed by atoms with Gasteiger partial charge in [0.25, 0.3) is 0 Å². The van der Waals surface area contributed by atoms with E-state index in [1.807, 2.05) is 38.2 Å². The number of aromatic nitrogens is 1. The van der Waals surface area contributed by atoms with E-state index in [-0.39, 0.29) is 51.4 Å². The predicted octanol–water partition coefficient (Wildman–Crippen LogP) is 5.20. The van der Waals surface area contributed by atoms with Gasteiger partial charge in [-0.2, -0.15) is 27.0 Å². The number of hydrogen-bond acceptors (Lipinski definition) is 4. The minimum absolute atomic E-state index is 0. The second kappa shape index (κ2) is 9.74. The van der Waals surface area contributed by atoms with Gasteiger partial charge < -0.3 is 9.47 Å². The molecule has 1 aliphatic heterocycles. The molecule has 5 rings (SSSR count). The van der Waals surface area contributed by atoms with Crippen LogP contribution in [-0.4, -0.2) is 23.0 Å². The van der Waals surface area contributed by atoms with Crippen LogP contribution in [0.15, 0.2) is 60.9 Å². The zero-order valence-electron chi connectivity index (χ0n) is 17.7. The lowest BCUT2D eigenvalue weighted by molar-refractivity contribution is -0.119. The summed E-state index contributed by atoms with van der Waals surface area (Å²) in [5.41, 5.74) is 3.35. The second-order valence-electron chi connectivity index (χ2n) is 8.33. The highest BCUT2D eigenvalue weighted by Gasteiger charge is 2.43. The van der Waals surface area contributed by atoms with Crippen LogP contribution in [0.4, 0.5) is 0 Å². The predicted molar refractivity (Wildman–Crippen MR) is 132 cm³/mol. The first-order valence-electron chi connectivity index (χ1n) is 10.3. The Bertz CT molecular complexity index is 1050. The van der Waals surface area contributed by atoms with Gasteiger partial charge in [0.05, 0.1) is 12.2 Å². The number of carbonyl (C=O) groups excluding carboxylic acids is 1. The molecule has 164 valence electrons. The van der Waals surface area contributed by atoms with Crippen molar-refractivity contribution in [1.29, 1.82) is 0 Å². The third-order valence-electron chi connectivity index (χ3n) is 6.26. The lowest BCUT2D eigenvalue weighted by Crippen LogP contribution is -2.13. The molecule has 2 aliphatic rings. The number of ether oxygens (including phenoxy) is 2. The van der Waals surface area contributed by atoms with Crippen molar-refractivity contribution in [2.24, 2.45) is 5.92 Å². The van der Waals surface area contributed by atoms with Gasteiger partial charge in [0, 0.05) is 35.7 Å². The van der Waals surface area contributed by atoms with Crippen molar-refractivity contribution in [2.45, 2.75) is 51.1 Å². The summed E-state index contributed by atoms with van der Waals surface area (Å²) in [5.74, 6) is 0.801. The lowest BCUT2D eigenvalue weighted by Gasteiger charge is -2.11. The van der Waals surface area contributed by atoms with E-state index in [1.54, 1.807) is 6.20 Å². The van der Waals surface area contributed by atoms with Crippen LogP contribution in [0, 0.1) is 5.92 Å². The van der Waals surface area contributed by atoms with Crippen molar-refractivity contribution >= 4 is 43.5 Å². The number of fused-ring (bicyclic) bond motifs is 1. The van der Waals surface area contributed by atoms with Crippen molar-refractivity contribution < 1.29 is 14.3 Å². The Balaban J connectivity index is 0.00000136. The molecule has 1 saturated heterocycles. The summed E-state index contributed by atoms with van der Waals surface area (Å²) in [4.78, 5) is 16.9. The molecule has 0 spiro atoms. The molecule has 0 unspecified atom stereocenters. The normalized spacial score (nSPS) is 25.0.